The summed E-state index contributed by atoms with van der Waals surface area (Å²) in [7, 11) is 0. The van der Waals surface area contributed by atoms with Crippen molar-refractivity contribution in [3.05, 3.63) is 0 Å². The van der Waals surface area contributed by atoms with Gasteiger partial charge < -0.3 is 10.1 Å². The SMILES string of the molecule is CC(C)COCCN1CCCCC1CNC(C)(C)C. The minimum absolute atomic E-state index is 0.220. The third-order valence-corrected chi connectivity index (χ3v) is 3.59. The van der Waals surface area contributed by atoms with E-state index in [0.29, 0.717) is 12.0 Å². The molecule has 1 atom stereocenters. The first kappa shape index (κ1) is 16.9. The average molecular weight is 270 g/mol. The third kappa shape index (κ3) is 7.91. The lowest BCUT2D eigenvalue weighted by molar-refractivity contribution is 0.0585. The van der Waals surface area contributed by atoms with Crippen LogP contribution in [-0.4, -0.2) is 49.3 Å². The van der Waals surface area contributed by atoms with Gasteiger partial charge in [-0.25, -0.2) is 0 Å². The molecule has 114 valence electrons. The van der Waals surface area contributed by atoms with E-state index in [4.69, 9.17) is 4.74 Å². The molecule has 0 amide bonds. The minimum Gasteiger partial charge on any atom is -0.380 e. The normalized spacial score (nSPS) is 22.1. The highest BCUT2D eigenvalue weighted by molar-refractivity contribution is 4.82. The first-order chi connectivity index (χ1) is 8.88. The van der Waals surface area contributed by atoms with Crippen molar-refractivity contribution in [3.8, 4) is 0 Å². The summed E-state index contributed by atoms with van der Waals surface area (Å²) in [5.41, 5.74) is 0.220. The highest BCUT2D eigenvalue weighted by atomic mass is 16.5. The molecule has 1 saturated heterocycles. The lowest BCUT2D eigenvalue weighted by Gasteiger charge is -2.37. The Kier molecular flexibility index (Phi) is 7.33. The zero-order valence-corrected chi connectivity index (χ0v) is 13.7. The molecule has 0 saturated carbocycles. The summed E-state index contributed by atoms with van der Waals surface area (Å²) >= 11 is 0. The van der Waals surface area contributed by atoms with Crippen LogP contribution < -0.4 is 5.32 Å². The Hall–Kier alpha value is -0.120. The number of piperidine rings is 1. The van der Waals surface area contributed by atoms with Crippen LogP contribution in [0.1, 0.15) is 53.9 Å². The first-order valence-corrected chi connectivity index (χ1v) is 7.95. The van der Waals surface area contributed by atoms with Crippen LogP contribution in [0.15, 0.2) is 0 Å². The van der Waals surface area contributed by atoms with Gasteiger partial charge in [-0.15, -0.1) is 0 Å². The number of likely N-dealkylation sites (tertiary alicyclic amines) is 1. The fraction of sp³-hybridized carbons (Fsp3) is 1.00. The molecule has 1 heterocycles. The molecule has 3 heteroatoms. The zero-order valence-electron chi connectivity index (χ0n) is 13.7. The van der Waals surface area contributed by atoms with Crippen molar-refractivity contribution >= 4 is 0 Å². The molecule has 1 aliphatic heterocycles. The van der Waals surface area contributed by atoms with Gasteiger partial charge in [0.1, 0.15) is 0 Å². The van der Waals surface area contributed by atoms with Crippen molar-refractivity contribution in [2.45, 2.75) is 65.5 Å². The van der Waals surface area contributed by atoms with Gasteiger partial charge in [-0.1, -0.05) is 20.3 Å². The molecular formula is C16H34N2O. The van der Waals surface area contributed by atoms with E-state index in [0.717, 1.165) is 26.3 Å². The fourth-order valence-electron chi connectivity index (χ4n) is 2.51. The molecule has 0 radical (unpaired) electrons. The van der Waals surface area contributed by atoms with Crippen LogP contribution >= 0.6 is 0 Å². The molecule has 1 unspecified atom stereocenters. The van der Waals surface area contributed by atoms with Crippen LogP contribution in [0.25, 0.3) is 0 Å². The summed E-state index contributed by atoms with van der Waals surface area (Å²) in [5, 5.41) is 3.65. The monoisotopic (exact) mass is 270 g/mol. The van der Waals surface area contributed by atoms with Crippen molar-refractivity contribution in [3.63, 3.8) is 0 Å². The average Bonchev–Trinajstić information content (AvgIpc) is 2.32. The van der Waals surface area contributed by atoms with Crippen LogP contribution in [0.3, 0.4) is 0 Å². The highest BCUT2D eigenvalue weighted by Crippen LogP contribution is 2.17. The zero-order chi connectivity index (χ0) is 14.3. The van der Waals surface area contributed by atoms with E-state index in [9.17, 15) is 0 Å². The number of hydrogen-bond acceptors (Lipinski definition) is 3. The third-order valence-electron chi connectivity index (χ3n) is 3.59. The van der Waals surface area contributed by atoms with Crippen molar-refractivity contribution in [2.24, 2.45) is 5.92 Å². The van der Waals surface area contributed by atoms with Crippen LogP contribution in [0.4, 0.5) is 0 Å². The molecule has 1 rings (SSSR count). The molecule has 1 fully saturated rings. The molecule has 0 aromatic carbocycles. The summed E-state index contributed by atoms with van der Waals surface area (Å²) in [6.07, 6.45) is 4.04. The van der Waals surface area contributed by atoms with E-state index in [2.05, 4.69) is 44.8 Å². The van der Waals surface area contributed by atoms with Gasteiger partial charge in [-0.05, 0) is 46.1 Å². The maximum atomic E-state index is 5.73. The Morgan fingerprint density at radius 3 is 2.63 bits per heavy atom. The molecule has 0 spiro atoms. The molecule has 1 aliphatic rings. The lowest BCUT2D eigenvalue weighted by Crippen LogP contribution is -2.50. The second kappa shape index (κ2) is 8.23. The quantitative estimate of drug-likeness (QED) is 0.720. The molecule has 1 N–H and O–H groups in total. The summed E-state index contributed by atoms with van der Waals surface area (Å²) in [6.45, 7) is 16.3. The van der Waals surface area contributed by atoms with Gasteiger partial charge >= 0.3 is 0 Å². The van der Waals surface area contributed by atoms with E-state index < -0.39 is 0 Å². The van der Waals surface area contributed by atoms with Crippen LogP contribution in [-0.2, 0) is 4.74 Å². The van der Waals surface area contributed by atoms with Crippen molar-refractivity contribution in [1.82, 2.24) is 10.2 Å². The number of hydrogen-bond donors (Lipinski definition) is 1. The predicted molar refractivity (Wildman–Crippen MR) is 82.6 cm³/mol. The van der Waals surface area contributed by atoms with Crippen molar-refractivity contribution in [1.29, 1.82) is 0 Å². The van der Waals surface area contributed by atoms with E-state index in [1.165, 1.54) is 25.8 Å². The molecule has 19 heavy (non-hydrogen) atoms. The molecule has 3 nitrogen and oxygen atoms in total. The smallest absolute Gasteiger partial charge is 0.0593 e. The number of nitrogens with zero attached hydrogens (tertiary/aromatic N) is 1. The second-order valence-electron chi connectivity index (χ2n) is 7.29. The summed E-state index contributed by atoms with van der Waals surface area (Å²) in [6, 6.07) is 0.690. The Balaban J connectivity index is 2.27. The first-order valence-electron chi connectivity index (χ1n) is 7.95. The number of nitrogens with one attached hydrogen (secondary N) is 1. The Labute approximate surface area is 120 Å². The Morgan fingerprint density at radius 1 is 1.26 bits per heavy atom. The standard InChI is InChI=1S/C16H34N2O/c1-14(2)13-19-11-10-18-9-7-6-8-15(18)12-17-16(3,4)5/h14-15,17H,6-13H2,1-5H3. The van der Waals surface area contributed by atoms with Crippen LogP contribution in [0, 0.1) is 5.92 Å². The summed E-state index contributed by atoms with van der Waals surface area (Å²) < 4.78 is 5.73. The molecule has 0 aliphatic carbocycles. The van der Waals surface area contributed by atoms with Crippen LogP contribution in [0.5, 0.6) is 0 Å². The maximum Gasteiger partial charge on any atom is 0.0593 e. The van der Waals surface area contributed by atoms with Gasteiger partial charge in [0.25, 0.3) is 0 Å². The van der Waals surface area contributed by atoms with Crippen molar-refractivity contribution in [2.75, 3.05) is 32.8 Å². The van der Waals surface area contributed by atoms with Gasteiger partial charge in [-0.3, -0.25) is 4.90 Å². The van der Waals surface area contributed by atoms with E-state index in [-0.39, 0.29) is 5.54 Å². The molecule has 0 aromatic rings. The van der Waals surface area contributed by atoms with Crippen molar-refractivity contribution < 1.29 is 4.74 Å². The Bertz CT molecular complexity index is 235. The fourth-order valence-corrected chi connectivity index (χ4v) is 2.51. The maximum absolute atomic E-state index is 5.73. The Morgan fingerprint density at radius 2 is 2.00 bits per heavy atom. The molecule has 0 bridgehead atoms. The summed E-state index contributed by atoms with van der Waals surface area (Å²) in [4.78, 5) is 2.61. The van der Waals surface area contributed by atoms with Crippen LogP contribution in [0.2, 0.25) is 0 Å². The van der Waals surface area contributed by atoms with E-state index >= 15 is 0 Å². The lowest BCUT2D eigenvalue weighted by atomic mass is 10.0. The second-order valence-corrected chi connectivity index (χ2v) is 7.29. The number of ether oxygens (including phenoxy) is 1. The van der Waals surface area contributed by atoms with Gasteiger partial charge in [0.05, 0.1) is 6.61 Å². The number of rotatable bonds is 7. The predicted octanol–water partition coefficient (Wildman–Crippen LogP) is 2.90. The largest absolute Gasteiger partial charge is 0.380 e. The topological polar surface area (TPSA) is 24.5 Å². The van der Waals surface area contributed by atoms with E-state index in [1.54, 1.807) is 0 Å². The van der Waals surface area contributed by atoms with Gasteiger partial charge in [0, 0.05) is 31.3 Å². The van der Waals surface area contributed by atoms with Gasteiger partial charge in [0.2, 0.25) is 0 Å². The molecule has 0 aromatic heterocycles. The highest BCUT2D eigenvalue weighted by Gasteiger charge is 2.23. The van der Waals surface area contributed by atoms with Gasteiger partial charge in [-0.2, -0.15) is 0 Å². The molecular weight excluding hydrogens is 236 g/mol. The van der Waals surface area contributed by atoms with Gasteiger partial charge in [0.15, 0.2) is 0 Å². The minimum atomic E-state index is 0.220. The van der Waals surface area contributed by atoms with E-state index in [1.807, 2.05) is 0 Å². The summed E-state index contributed by atoms with van der Waals surface area (Å²) in [5.74, 6) is 0.639.